The van der Waals surface area contributed by atoms with Gasteiger partial charge in [0.2, 0.25) is 15.8 Å². The zero-order valence-corrected chi connectivity index (χ0v) is 17.7. The number of benzene rings is 2. The van der Waals surface area contributed by atoms with Gasteiger partial charge in [0.15, 0.2) is 28.2 Å². The Morgan fingerprint density at radius 3 is 2.21 bits per heavy atom. The third-order valence-electron chi connectivity index (χ3n) is 5.57. The Labute approximate surface area is 185 Å². The van der Waals surface area contributed by atoms with Crippen LogP contribution in [0.2, 0.25) is 0 Å². The fourth-order valence-electron chi connectivity index (χ4n) is 4.06. The van der Waals surface area contributed by atoms with Crippen LogP contribution in [0.4, 0.5) is 22.0 Å². The third kappa shape index (κ3) is 4.37. The van der Waals surface area contributed by atoms with Crippen LogP contribution in [0, 0.1) is 35.0 Å². The van der Waals surface area contributed by atoms with Crippen LogP contribution in [0.25, 0.3) is 11.4 Å². The fraction of sp³-hybridized carbons (Fsp3) is 0.286. The second-order valence-electron chi connectivity index (χ2n) is 7.80. The van der Waals surface area contributed by atoms with Gasteiger partial charge in [-0.05, 0) is 18.8 Å². The number of sulfonamides is 1. The van der Waals surface area contributed by atoms with Gasteiger partial charge in [0.25, 0.3) is 0 Å². The fourth-order valence-corrected chi connectivity index (χ4v) is 5.48. The quantitative estimate of drug-likeness (QED) is 0.317. The van der Waals surface area contributed by atoms with Crippen LogP contribution in [0.15, 0.2) is 47.6 Å². The van der Waals surface area contributed by atoms with Crippen LogP contribution in [0.1, 0.15) is 12.8 Å². The first-order valence-electron chi connectivity index (χ1n) is 9.88. The molecule has 1 heterocycles. The van der Waals surface area contributed by atoms with E-state index >= 15 is 0 Å². The summed E-state index contributed by atoms with van der Waals surface area (Å²) in [6.45, 7) is 0.363. The Hall–Kier alpha value is -2.83. The summed E-state index contributed by atoms with van der Waals surface area (Å²) >= 11 is 0. The summed E-state index contributed by atoms with van der Waals surface area (Å²) < 4.78 is 96.8. The lowest BCUT2D eigenvalue weighted by Crippen LogP contribution is -2.40. The van der Waals surface area contributed by atoms with Crippen molar-refractivity contribution in [1.29, 1.82) is 0 Å². The molecule has 2 N–H and O–H groups in total. The van der Waals surface area contributed by atoms with Crippen molar-refractivity contribution >= 4 is 10.0 Å². The largest absolute Gasteiger partial charge is 0.391 e. The molecule has 1 saturated carbocycles. The first kappa shape index (κ1) is 23.3. The lowest BCUT2D eigenvalue weighted by molar-refractivity contribution is 0.154. The molecule has 0 spiro atoms. The minimum atomic E-state index is -5.16. The van der Waals surface area contributed by atoms with Crippen molar-refractivity contribution in [3.8, 4) is 11.4 Å². The molecule has 4 rings (SSSR count). The van der Waals surface area contributed by atoms with Crippen molar-refractivity contribution in [2.75, 3.05) is 0 Å². The topological polar surface area (TPSA) is 84.2 Å². The maximum atomic E-state index is 14.0. The number of hydrogen-bond acceptors (Lipinski definition) is 4. The molecule has 0 radical (unpaired) electrons. The van der Waals surface area contributed by atoms with Gasteiger partial charge in [-0.3, -0.25) is 0 Å². The molecule has 33 heavy (non-hydrogen) atoms. The molecule has 0 saturated heterocycles. The smallest absolute Gasteiger partial charge is 0.246 e. The van der Waals surface area contributed by atoms with E-state index in [1.807, 2.05) is 39.6 Å². The molecule has 0 amide bonds. The van der Waals surface area contributed by atoms with E-state index < -0.39 is 56.2 Å². The van der Waals surface area contributed by atoms with Crippen molar-refractivity contribution < 1.29 is 35.5 Å². The van der Waals surface area contributed by atoms with Crippen molar-refractivity contribution in [2.45, 2.75) is 36.4 Å². The molecule has 12 heteroatoms. The summed E-state index contributed by atoms with van der Waals surface area (Å²) in [5.74, 6) is -11.7. The van der Waals surface area contributed by atoms with Crippen LogP contribution in [-0.2, 0) is 16.6 Å². The predicted molar refractivity (Wildman–Crippen MR) is 107 cm³/mol. The second-order valence-corrected chi connectivity index (χ2v) is 9.45. The molecular weight excluding hydrogens is 469 g/mol. The number of halogens is 5. The maximum absolute atomic E-state index is 14.0. The molecule has 1 unspecified atom stereocenters. The number of aliphatic hydroxyl groups excluding tert-OH is 1. The third-order valence-corrected chi connectivity index (χ3v) is 7.08. The number of nitrogens with zero attached hydrogens (tertiary/aromatic N) is 2. The number of nitrogens with one attached hydrogen (secondary N) is 1. The molecule has 6 nitrogen and oxygen atoms in total. The Morgan fingerprint density at radius 2 is 1.58 bits per heavy atom. The van der Waals surface area contributed by atoms with Crippen molar-refractivity contribution in [1.82, 2.24) is 14.3 Å². The van der Waals surface area contributed by atoms with Crippen LogP contribution >= 0.6 is 0 Å². The Balaban J connectivity index is 1.53. The summed E-state index contributed by atoms with van der Waals surface area (Å²) in [5.41, 5.74) is 0.851. The van der Waals surface area contributed by atoms with Gasteiger partial charge in [-0.25, -0.2) is 40.1 Å². The monoisotopic (exact) mass is 487 g/mol. The van der Waals surface area contributed by atoms with E-state index in [9.17, 15) is 35.5 Å². The van der Waals surface area contributed by atoms with Gasteiger partial charge in [-0.2, -0.15) is 0 Å². The first-order chi connectivity index (χ1) is 15.6. The first-order valence-corrected chi connectivity index (χ1v) is 11.4. The lowest BCUT2D eigenvalue weighted by Gasteiger charge is -2.18. The normalized spacial score (nSPS) is 21.0. The van der Waals surface area contributed by atoms with Crippen molar-refractivity contribution in [3.63, 3.8) is 0 Å². The lowest BCUT2D eigenvalue weighted by atomic mass is 10.1. The predicted octanol–water partition coefficient (Wildman–Crippen LogP) is 3.36. The summed E-state index contributed by atoms with van der Waals surface area (Å²) in [7, 11) is -5.16. The standard InChI is InChI=1S/C21H18F5N3O3S/c22-15-16(23)18(25)20(19(26)17(15)24)33(31,32)28-13-8-11(9-14(13)30)10-29-7-6-27-21(29)12-4-2-1-3-5-12/h1-7,11,13-14,28,30H,8-10H2/t11?,13-,14-/m1/s1. The average Bonchev–Trinajstić information content (AvgIpc) is 3.37. The molecular formula is C21H18F5N3O3S. The van der Waals surface area contributed by atoms with E-state index in [1.165, 1.54) is 0 Å². The number of imidazole rings is 1. The van der Waals surface area contributed by atoms with Crippen LogP contribution in [-0.4, -0.2) is 35.2 Å². The number of aliphatic hydroxyl groups is 1. The highest BCUT2D eigenvalue weighted by atomic mass is 32.2. The van der Waals surface area contributed by atoms with E-state index in [4.69, 9.17) is 0 Å². The average molecular weight is 487 g/mol. The van der Waals surface area contributed by atoms with E-state index in [0.29, 0.717) is 12.4 Å². The molecule has 1 aliphatic rings. The Kier molecular flexibility index (Phi) is 6.25. The highest BCUT2D eigenvalue weighted by Gasteiger charge is 2.39. The Morgan fingerprint density at radius 1 is 0.970 bits per heavy atom. The zero-order valence-electron chi connectivity index (χ0n) is 16.9. The van der Waals surface area contributed by atoms with Crippen molar-refractivity contribution in [3.05, 3.63) is 71.8 Å². The SMILES string of the molecule is O=S(=O)(N[C@@H]1CC(Cn2ccnc2-c2ccccc2)C[C@H]1O)c1c(F)c(F)c(F)c(F)c1F. The summed E-state index contributed by atoms with van der Waals surface area (Å²) in [6, 6.07) is 8.09. The molecule has 176 valence electrons. The number of rotatable bonds is 6. The molecule has 3 aromatic rings. The minimum Gasteiger partial charge on any atom is -0.391 e. The summed E-state index contributed by atoms with van der Waals surface area (Å²) in [6.07, 6.45) is 2.31. The van der Waals surface area contributed by atoms with E-state index in [1.54, 1.807) is 12.4 Å². The van der Waals surface area contributed by atoms with Crippen LogP contribution in [0.3, 0.4) is 0 Å². The van der Waals surface area contributed by atoms with E-state index in [0.717, 1.165) is 5.56 Å². The van der Waals surface area contributed by atoms with Gasteiger partial charge < -0.3 is 9.67 Å². The van der Waals surface area contributed by atoms with Crippen molar-refractivity contribution in [2.24, 2.45) is 5.92 Å². The van der Waals surface area contributed by atoms with Gasteiger partial charge >= 0.3 is 0 Å². The molecule has 0 aliphatic heterocycles. The molecule has 1 aliphatic carbocycles. The van der Waals surface area contributed by atoms with Gasteiger partial charge in [0.05, 0.1) is 6.10 Å². The van der Waals surface area contributed by atoms with Gasteiger partial charge in [-0.15, -0.1) is 0 Å². The van der Waals surface area contributed by atoms with E-state index in [2.05, 4.69) is 4.98 Å². The van der Waals surface area contributed by atoms with Crippen LogP contribution < -0.4 is 4.72 Å². The highest BCUT2D eigenvalue weighted by Crippen LogP contribution is 2.32. The van der Waals surface area contributed by atoms with Gasteiger partial charge in [-0.1, -0.05) is 30.3 Å². The summed E-state index contributed by atoms with van der Waals surface area (Å²) in [5, 5.41) is 10.3. The van der Waals surface area contributed by atoms with Gasteiger partial charge in [0, 0.05) is 30.5 Å². The number of aromatic nitrogens is 2. The molecule has 2 aromatic carbocycles. The molecule has 3 atom stereocenters. The number of hydrogen-bond donors (Lipinski definition) is 2. The maximum Gasteiger partial charge on any atom is 0.246 e. The second kappa shape index (κ2) is 8.84. The summed E-state index contributed by atoms with van der Waals surface area (Å²) in [4.78, 5) is 2.34. The van der Waals surface area contributed by atoms with Crippen LogP contribution in [0.5, 0.6) is 0 Å². The zero-order chi connectivity index (χ0) is 23.9. The molecule has 0 bridgehead atoms. The molecule has 1 fully saturated rings. The minimum absolute atomic E-state index is 0.0716. The molecule has 1 aromatic heterocycles. The highest BCUT2D eigenvalue weighted by molar-refractivity contribution is 7.89. The van der Waals surface area contributed by atoms with Gasteiger partial charge in [0.1, 0.15) is 5.82 Å². The Bertz CT molecular complexity index is 1250. The van der Waals surface area contributed by atoms with E-state index in [-0.39, 0.29) is 18.8 Å².